The Morgan fingerprint density at radius 2 is 1.34 bits per heavy atom. The number of aliphatic hydroxyl groups excluding tert-OH is 1. The van der Waals surface area contributed by atoms with Crippen LogP contribution in [0.5, 0.6) is 0 Å². The van der Waals surface area contributed by atoms with Gasteiger partial charge in [-0.1, -0.05) is 126 Å². The van der Waals surface area contributed by atoms with E-state index in [0.717, 1.165) is 40.8 Å². The van der Waals surface area contributed by atoms with Gasteiger partial charge in [0.2, 0.25) is 0 Å². The molecule has 1 heterocycles. The predicted molar refractivity (Wildman–Crippen MR) is 165 cm³/mol. The highest BCUT2D eigenvalue weighted by Crippen LogP contribution is 2.33. The highest BCUT2D eigenvalue weighted by Gasteiger charge is 2.19. The Kier molecular flexibility index (Phi) is 13.9. The van der Waals surface area contributed by atoms with Crippen molar-refractivity contribution < 1.29 is 5.11 Å². The summed E-state index contributed by atoms with van der Waals surface area (Å²) in [5.74, 6) is 0. The zero-order chi connectivity index (χ0) is 27.2. The molecule has 0 saturated carbocycles. The minimum atomic E-state index is -0.620. The Morgan fingerprint density at radius 3 is 1.95 bits per heavy atom. The molecule has 3 nitrogen and oxygen atoms in total. The zero-order valence-electron chi connectivity index (χ0n) is 23.4. The maximum Gasteiger partial charge on any atom is 0.0924 e. The van der Waals surface area contributed by atoms with Crippen LogP contribution in [0.3, 0.4) is 0 Å². The van der Waals surface area contributed by atoms with Gasteiger partial charge in [0, 0.05) is 22.5 Å². The second kappa shape index (κ2) is 17.1. The molecule has 1 N–H and O–H groups in total. The monoisotopic (exact) mass is 556 g/mol. The minimum Gasteiger partial charge on any atom is -0.387 e. The summed E-state index contributed by atoms with van der Waals surface area (Å²) < 4.78 is 0. The molecule has 2 aromatic carbocycles. The van der Waals surface area contributed by atoms with Gasteiger partial charge >= 0.3 is 0 Å². The molecule has 3 aromatic rings. The van der Waals surface area contributed by atoms with E-state index in [1.165, 1.54) is 77.0 Å². The van der Waals surface area contributed by atoms with E-state index in [-0.39, 0.29) is 0 Å². The summed E-state index contributed by atoms with van der Waals surface area (Å²) in [6, 6.07) is 15.5. The van der Waals surface area contributed by atoms with Crippen LogP contribution in [0, 0.1) is 0 Å². The average Bonchev–Trinajstić information content (AvgIpc) is 2.92. The van der Waals surface area contributed by atoms with Crippen LogP contribution < -0.4 is 0 Å². The summed E-state index contributed by atoms with van der Waals surface area (Å²) in [6.07, 6.45) is 14.7. The van der Waals surface area contributed by atoms with Crippen LogP contribution >= 0.6 is 23.2 Å². The van der Waals surface area contributed by atoms with Gasteiger partial charge in [0.1, 0.15) is 0 Å². The Balaban J connectivity index is 1.77. The van der Waals surface area contributed by atoms with Gasteiger partial charge in [0.25, 0.3) is 0 Å². The largest absolute Gasteiger partial charge is 0.387 e. The molecule has 0 unspecified atom stereocenters. The molecular formula is C33H46Cl2N2O. The van der Waals surface area contributed by atoms with Crippen LogP contribution in [0.2, 0.25) is 10.0 Å². The van der Waals surface area contributed by atoms with E-state index in [1.807, 2.05) is 48.5 Å². The molecule has 0 bridgehead atoms. The standard InChI is InChI=1S/C33H46Cl2N2O/c1-3-5-7-9-11-13-22-37(23-14-12-10-8-6-4-2)25-32(38)29-24-31(26-18-20-27(34)21-19-26)36-33-28(29)16-15-17-30(33)35/h15-21,24,32,38H,3-14,22-23,25H2,1-2H3/t32-/m1/s1. The van der Waals surface area contributed by atoms with E-state index in [4.69, 9.17) is 28.2 Å². The molecular weight excluding hydrogens is 511 g/mol. The topological polar surface area (TPSA) is 36.4 Å². The lowest BCUT2D eigenvalue weighted by Gasteiger charge is -2.26. The first kappa shape index (κ1) is 30.9. The van der Waals surface area contributed by atoms with Crippen LogP contribution in [0.25, 0.3) is 22.2 Å². The van der Waals surface area contributed by atoms with Crippen molar-refractivity contribution in [2.45, 2.75) is 97.0 Å². The van der Waals surface area contributed by atoms with Crippen molar-refractivity contribution in [3.8, 4) is 11.3 Å². The van der Waals surface area contributed by atoms with Gasteiger partial charge in [0.05, 0.1) is 22.3 Å². The number of unbranched alkanes of at least 4 members (excludes halogenated alkanes) is 10. The van der Waals surface area contributed by atoms with Gasteiger partial charge in [-0.05, 0) is 55.8 Å². The van der Waals surface area contributed by atoms with Crippen molar-refractivity contribution in [2.75, 3.05) is 19.6 Å². The van der Waals surface area contributed by atoms with E-state index >= 15 is 0 Å². The van der Waals surface area contributed by atoms with Crippen LogP contribution in [0.4, 0.5) is 0 Å². The third-order valence-electron chi connectivity index (χ3n) is 7.41. The Hall–Kier alpha value is -1.65. The van der Waals surface area contributed by atoms with Crippen molar-refractivity contribution in [3.63, 3.8) is 0 Å². The highest BCUT2D eigenvalue weighted by molar-refractivity contribution is 6.35. The molecule has 0 saturated heterocycles. The van der Waals surface area contributed by atoms with Crippen molar-refractivity contribution in [1.82, 2.24) is 9.88 Å². The number of para-hydroxylation sites is 1. The summed E-state index contributed by atoms with van der Waals surface area (Å²) in [7, 11) is 0. The quantitative estimate of drug-likeness (QED) is 0.158. The number of aliphatic hydroxyl groups is 1. The molecule has 0 radical (unpaired) electrons. The van der Waals surface area contributed by atoms with Crippen LogP contribution in [-0.4, -0.2) is 34.6 Å². The molecule has 1 aromatic heterocycles. The molecule has 208 valence electrons. The molecule has 3 rings (SSSR count). The number of fused-ring (bicyclic) bond motifs is 1. The second-order valence-corrected chi connectivity index (χ2v) is 11.4. The van der Waals surface area contributed by atoms with Gasteiger partial charge in [-0.2, -0.15) is 0 Å². The fourth-order valence-electron chi connectivity index (χ4n) is 5.15. The summed E-state index contributed by atoms with van der Waals surface area (Å²) >= 11 is 12.7. The number of aromatic nitrogens is 1. The molecule has 5 heteroatoms. The van der Waals surface area contributed by atoms with E-state index in [0.29, 0.717) is 16.6 Å². The number of nitrogens with zero attached hydrogens (tertiary/aromatic N) is 2. The first-order chi connectivity index (χ1) is 18.5. The molecule has 0 fully saturated rings. The number of pyridine rings is 1. The first-order valence-electron chi connectivity index (χ1n) is 14.8. The molecule has 0 aliphatic carbocycles. The number of benzene rings is 2. The van der Waals surface area contributed by atoms with Crippen molar-refractivity contribution >= 4 is 34.1 Å². The van der Waals surface area contributed by atoms with Crippen molar-refractivity contribution in [1.29, 1.82) is 0 Å². The summed E-state index contributed by atoms with van der Waals surface area (Å²) in [5, 5.41) is 13.8. The molecule has 0 aliphatic rings. The lowest BCUT2D eigenvalue weighted by Crippen LogP contribution is -2.31. The van der Waals surface area contributed by atoms with Crippen LogP contribution in [-0.2, 0) is 0 Å². The minimum absolute atomic E-state index is 0.600. The lowest BCUT2D eigenvalue weighted by atomic mass is 9.99. The molecule has 0 aliphatic heterocycles. The van der Waals surface area contributed by atoms with Gasteiger partial charge in [-0.15, -0.1) is 0 Å². The van der Waals surface area contributed by atoms with E-state index < -0.39 is 6.10 Å². The fourth-order valence-corrected chi connectivity index (χ4v) is 5.50. The Labute approximate surface area is 240 Å². The van der Waals surface area contributed by atoms with Crippen LogP contribution in [0.15, 0.2) is 48.5 Å². The summed E-state index contributed by atoms with van der Waals surface area (Å²) in [6.45, 7) is 7.21. The van der Waals surface area contributed by atoms with Crippen molar-refractivity contribution in [2.24, 2.45) is 0 Å². The highest BCUT2D eigenvalue weighted by atomic mass is 35.5. The van der Waals surface area contributed by atoms with Gasteiger partial charge in [-0.3, -0.25) is 0 Å². The molecule has 0 amide bonds. The number of hydrogen-bond donors (Lipinski definition) is 1. The number of rotatable bonds is 18. The zero-order valence-corrected chi connectivity index (χ0v) is 24.9. The van der Waals surface area contributed by atoms with E-state index in [2.05, 4.69) is 18.7 Å². The maximum atomic E-state index is 11.6. The van der Waals surface area contributed by atoms with Gasteiger partial charge < -0.3 is 10.0 Å². The SMILES string of the molecule is CCCCCCCCN(CCCCCCCC)C[C@@H](O)c1cc(-c2ccc(Cl)cc2)nc2c(Cl)cccc12. The molecule has 1 atom stereocenters. The third-order valence-corrected chi connectivity index (χ3v) is 7.97. The fraction of sp³-hybridized carbons (Fsp3) is 0.545. The predicted octanol–water partition coefficient (Wildman–Crippen LogP) is 10.3. The van der Waals surface area contributed by atoms with Crippen LogP contribution in [0.1, 0.15) is 103 Å². The second-order valence-electron chi connectivity index (χ2n) is 10.6. The normalized spacial score (nSPS) is 12.5. The van der Waals surface area contributed by atoms with Gasteiger partial charge in [-0.25, -0.2) is 4.98 Å². The number of hydrogen-bond acceptors (Lipinski definition) is 3. The van der Waals surface area contributed by atoms with Gasteiger partial charge in [0.15, 0.2) is 0 Å². The third kappa shape index (κ3) is 9.83. The summed E-state index contributed by atoms with van der Waals surface area (Å²) in [5.41, 5.74) is 3.38. The van der Waals surface area contributed by atoms with E-state index in [1.54, 1.807) is 0 Å². The Bertz CT molecular complexity index is 1070. The number of halogens is 2. The van der Waals surface area contributed by atoms with E-state index in [9.17, 15) is 5.11 Å². The Morgan fingerprint density at radius 1 is 0.763 bits per heavy atom. The van der Waals surface area contributed by atoms with Crippen molar-refractivity contribution in [3.05, 3.63) is 64.1 Å². The average molecular weight is 558 g/mol. The molecule has 38 heavy (non-hydrogen) atoms. The first-order valence-corrected chi connectivity index (χ1v) is 15.5. The summed E-state index contributed by atoms with van der Waals surface area (Å²) in [4.78, 5) is 7.34. The molecule has 0 spiro atoms. The smallest absolute Gasteiger partial charge is 0.0924 e. The lowest BCUT2D eigenvalue weighted by molar-refractivity contribution is 0.111. The maximum absolute atomic E-state index is 11.6.